The number of para-hydroxylation sites is 1. The molecule has 6 rings (SSSR count). The van der Waals surface area contributed by atoms with E-state index in [4.69, 9.17) is 0 Å². The molecule has 2 fully saturated rings. The highest BCUT2D eigenvalue weighted by Crippen LogP contribution is 2.33. The number of benzene rings is 2. The van der Waals surface area contributed by atoms with Crippen molar-refractivity contribution in [3.8, 4) is 0 Å². The lowest BCUT2D eigenvalue weighted by atomic mass is 9.80. The number of rotatable bonds is 5. The van der Waals surface area contributed by atoms with Crippen molar-refractivity contribution in [2.45, 2.75) is 57.0 Å². The molecule has 1 aliphatic carbocycles. The van der Waals surface area contributed by atoms with Crippen molar-refractivity contribution >= 4 is 28.1 Å². The Morgan fingerprint density at radius 2 is 1.71 bits per heavy atom. The molecule has 2 aliphatic heterocycles. The zero-order valence-corrected chi connectivity index (χ0v) is 20.0. The Bertz CT molecular complexity index is 1140. The Hall–Kier alpha value is -2.79. The molecular formula is C29H36N4O. The summed E-state index contributed by atoms with van der Waals surface area (Å²) in [4.78, 5) is 22.3. The number of carbonyl (C=O) groups is 1. The van der Waals surface area contributed by atoms with Crippen LogP contribution in [0.2, 0.25) is 0 Å². The first-order chi connectivity index (χ1) is 16.8. The van der Waals surface area contributed by atoms with Gasteiger partial charge in [-0.2, -0.15) is 0 Å². The number of carbonyl (C=O) groups excluding carboxylic acids is 1. The number of anilines is 2. The number of piperazine rings is 1. The highest BCUT2D eigenvalue weighted by Gasteiger charge is 2.40. The largest absolute Gasteiger partial charge is 0.380 e. The minimum absolute atomic E-state index is 0.0262. The van der Waals surface area contributed by atoms with Crippen molar-refractivity contribution in [3.05, 3.63) is 60.3 Å². The Morgan fingerprint density at radius 1 is 0.882 bits per heavy atom. The molecule has 1 saturated heterocycles. The van der Waals surface area contributed by atoms with Gasteiger partial charge in [0.05, 0.1) is 6.04 Å². The van der Waals surface area contributed by atoms with Crippen LogP contribution in [-0.4, -0.2) is 53.9 Å². The number of hydrogen-bond donors (Lipinski definition) is 2. The average Bonchev–Trinajstić information content (AvgIpc) is 3.39. The zero-order chi connectivity index (χ0) is 22.9. The normalized spacial score (nSPS) is 22.8. The quantitative estimate of drug-likeness (QED) is 0.552. The van der Waals surface area contributed by atoms with Gasteiger partial charge in [0.2, 0.25) is 0 Å². The molecule has 2 N–H and O–H groups in total. The third-order valence-electron chi connectivity index (χ3n) is 8.38. The van der Waals surface area contributed by atoms with Crippen LogP contribution in [0.1, 0.15) is 44.1 Å². The Balaban J connectivity index is 1.22. The lowest BCUT2D eigenvalue weighted by molar-refractivity contribution is -0.130. The molecular weight excluding hydrogens is 420 g/mol. The summed E-state index contributed by atoms with van der Waals surface area (Å²) in [6.45, 7) is 3.79. The molecule has 1 saturated carbocycles. The molecule has 3 aliphatic rings. The van der Waals surface area contributed by atoms with E-state index in [2.05, 4.69) is 68.6 Å². The number of aromatic amines is 1. The van der Waals surface area contributed by atoms with Gasteiger partial charge in [0.1, 0.15) is 0 Å². The summed E-state index contributed by atoms with van der Waals surface area (Å²) in [5.74, 6) is 0.738. The first-order valence-corrected chi connectivity index (χ1v) is 13.2. The van der Waals surface area contributed by atoms with E-state index in [9.17, 15) is 4.79 Å². The van der Waals surface area contributed by atoms with Gasteiger partial charge in [0.15, 0.2) is 5.78 Å². The van der Waals surface area contributed by atoms with E-state index in [0.717, 1.165) is 51.9 Å². The molecule has 0 bridgehead atoms. The van der Waals surface area contributed by atoms with Gasteiger partial charge in [-0.25, -0.2) is 0 Å². The predicted octanol–water partition coefficient (Wildman–Crippen LogP) is 5.23. The maximum Gasteiger partial charge on any atom is 0.155 e. The van der Waals surface area contributed by atoms with Gasteiger partial charge >= 0.3 is 0 Å². The molecule has 178 valence electrons. The average molecular weight is 457 g/mol. The molecule has 2 unspecified atom stereocenters. The second-order valence-corrected chi connectivity index (χ2v) is 10.4. The van der Waals surface area contributed by atoms with Crippen molar-refractivity contribution in [1.29, 1.82) is 0 Å². The van der Waals surface area contributed by atoms with E-state index < -0.39 is 0 Å². The van der Waals surface area contributed by atoms with E-state index in [0.29, 0.717) is 5.78 Å². The molecule has 3 heterocycles. The molecule has 5 heteroatoms. The number of hydrogen-bond acceptors (Lipinski definition) is 4. The Labute approximate surface area is 202 Å². The fraction of sp³-hybridized carbons (Fsp3) is 0.483. The molecule has 3 aromatic rings. The number of fused-ring (bicyclic) bond motifs is 2. The smallest absolute Gasteiger partial charge is 0.155 e. The van der Waals surface area contributed by atoms with Gasteiger partial charge in [-0.05, 0) is 55.5 Å². The minimum atomic E-state index is -0.0262. The second kappa shape index (κ2) is 9.46. The number of nitrogens with one attached hydrogen (secondary N) is 2. The maximum absolute atomic E-state index is 14.0. The molecule has 34 heavy (non-hydrogen) atoms. The molecule has 0 spiro atoms. The minimum Gasteiger partial charge on any atom is -0.380 e. The van der Waals surface area contributed by atoms with E-state index in [1.54, 1.807) is 0 Å². The van der Waals surface area contributed by atoms with E-state index in [-0.39, 0.29) is 18.0 Å². The number of aryl methyl sites for hydroxylation is 1. The number of ketones is 1. The highest BCUT2D eigenvalue weighted by atomic mass is 16.1. The number of aromatic nitrogens is 1. The van der Waals surface area contributed by atoms with Crippen molar-refractivity contribution in [3.63, 3.8) is 0 Å². The molecule has 2 aromatic carbocycles. The maximum atomic E-state index is 14.0. The fourth-order valence-corrected chi connectivity index (χ4v) is 6.55. The van der Waals surface area contributed by atoms with Crippen molar-refractivity contribution < 1.29 is 4.79 Å². The third-order valence-corrected chi connectivity index (χ3v) is 8.38. The van der Waals surface area contributed by atoms with Crippen LogP contribution in [0.3, 0.4) is 0 Å². The van der Waals surface area contributed by atoms with E-state index in [1.165, 1.54) is 47.1 Å². The third kappa shape index (κ3) is 4.11. The van der Waals surface area contributed by atoms with Crippen LogP contribution in [-0.2, 0) is 11.2 Å². The summed E-state index contributed by atoms with van der Waals surface area (Å²) in [5, 5.41) is 5.09. The van der Waals surface area contributed by atoms with Crippen LogP contribution >= 0.6 is 0 Å². The standard InChI is InChI=1S/C29H36N4O/c34-29(22-8-2-1-3-9-22)28(26-14-13-21-7-4-5-10-24(21)31-26)33-19-17-32(18-20-33)27-12-6-11-25-23(27)15-16-30-25/h4-7,10-12,15-16,22,26,28,30-31H,1-3,8-9,13-14,17-20H2. The van der Waals surface area contributed by atoms with Crippen LogP contribution in [0, 0.1) is 5.92 Å². The topological polar surface area (TPSA) is 51.4 Å². The summed E-state index contributed by atoms with van der Waals surface area (Å²) < 4.78 is 0. The lowest BCUT2D eigenvalue weighted by Gasteiger charge is -2.45. The van der Waals surface area contributed by atoms with Crippen LogP contribution in [0.4, 0.5) is 11.4 Å². The Morgan fingerprint density at radius 3 is 2.56 bits per heavy atom. The van der Waals surface area contributed by atoms with Gasteiger partial charge in [-0.3, -0.25) is 9.69 Å². The number of Topliss-reactive ketones (excluding diaryl/α,β-unsaturated/α-hetero) is 1. The van der Waals surface area contributed by atoms with Crippen LogP contribution < -0.4 is 10.2 Å². The second-order valence-electron chi connectivity index (χ2n) is 10.4. The summed E-state index contributed by atoms with van der Waals surface area (Å²) in [6.07, 6.45) is 9.96. The molecule has 2 atom stereocenters. The van der Waals surface area contributed by atoms with E-state index in [1.807, 2.05) is 6.20 Å². The predicted molar refractivity (Wildman–Crippen MR) is 140 cm³/mol. The first-order valence-electron chi connectivity index (χ1n) is 13.2. The van der Waals surface area contributed by atoms with Gasteiger partial charge in [0, 0.05) is 66.6 Å². The molecule has 0 amide bonds. The first kappa shape index (κ1) is 21.7. The lowest BCUT2D eigenvalue weighted by Crippen LogP contribution is -2.60. The summed E-state index contributed by atoms with van der Waals surface area (Å²) >= 11 is 0. The highest BCUT2D eigenvalue weighted by molar-refractivity contribution is 5.92. The van der Waals surface area contributed by atoms with Crippen molar-refractivity contribution in [2.24, 2.45) is 5.92 Å². The van der Waals surface area contributed by atoms with Gasteiger partial charge in [0.25, 0.3) is 0 Å². The molecule has 0 radical (unpaired) electrons. The van der Waals surface area contributed by atoms with Gasteiger partial charge < -0.3 is 15.2 Å². The summed E-state index contributed by atoms with van der Waals surface area (Å²) in [6, 6.07) is 17.5. The monoisotopic (exact) mass is 456 g/mol. The zero-order valence-electron chi connectivity index (χ0n) is 20.0. The van der Waals surface area contributed by atoms with Gasteiger partial charge in [-0.15, -0.1) is 0 Å². The summed E-state index contributed by atoms with van der Waals surface area (Å²) in [7, 11) is 0. The van der Waals surface area contributed by atoms with Gasteiger partial charge in [-0.1, -0.05) is 43.5 Å². The van der Waals surface area contributed by atoms with Crippen molar-refractivity contribution in [1.82, 2.24) is 9.88 Å². The SMILES string of the molecule is O=C(C1CCCCC1)C(C1CCc2ccccc2N1)N1CCN(c2cccc3[nH]ccc23)CC1. The van der Waals surface area contributed by atoms with Crippen molar-refractivity contribution in [2.75, 3.05) is 36.4 Å². The fourth-order valence-electron chi connectivity index (χ4n) is 6.55. The molecule has 1 aromatic heterocycles. The van der Waals surface area contributed by atoms with Crippen LogP contribution in [0.5, 0.6) is 0 Å². The number of nitrogens with zero attached hydrogens (tertiary/aromatic N) is 2. The van der Waals surface area contributed by atoms with Crippen LogP contribution in [0.25, 0.3) is 10.9 Å². The molecule has 5 nitrogen and oxygen atoms in total. The Kier molecular flexibility index (Phi) is 6.04. The van der Waals surface area contributed by atoms with Crippen LogP contribution in [0.15, 0.2) is 54.7 Å². The summed E-state index contributed by atoms with van der Waals surface area (Å²) in [5.41, 5.74) is 5.10. The van der Waals surface area contributed by atoms with E-state index >= 15 is 0 Å². The number of H-pyrrole nitrogens is 1.